The molecule has 1 saturated carbocycles. The quantitative estimate of drug-likeness (QED) is 0.450. The summed E-state index contributed by atoms with van der Waals surface area (Å²) in [6.07, 6.45) is 12.3. The van der Waals surface area contributed by atoms with Crippen molar-refractivity contribution in [2.75, 3.05) is 6.54 Å². The number of rotatable bonds is 9. The number of ketones is 1. The van der Waals surface area contributed by atoms with Crippen LogP contribution in [0.15, 0.2) is 52.3 Å². The minimum Gasteiger partial charge on any atom is -0.324 e. The van der Waals surface area contributed by atoms with Gasteiger partial charge in [-0.25, -0.2) is 0 Å². The summed E-state index contributed by atoms with van der Waals surface area (Å²) >= 11 is 1.94. The molecule has 1 aliphatic heterocycles. The van der Waals surface area contributed by atoms with E-state index in [0.29, 0.717) is 12.3 Å². The Bertz CT molecular complexity index is 884. The molecule has 0 spiro atoms. The van der Waals surface area contributed by atoms with Crippen molar-refractivity contribution in [1.29, 1.82) is 0 Å². The van der Waals surface area contributed by atoms with Gasteiger partial charge in [-0.2, -0.15) is 0 Å². The standard InChI is InChI=1S/C28H37NOS/c1-20-12-17-28-26(18-20)24(25-9-2-3-11-27(25)31-28)10-5-7-22-15-13-21(14-16-22)6-4-8-23(30)19-29/h2-3,9,11-12,17-18,21-22,24H,4-8,10,13-16,19,29H2,1H3. The Morgan fingerprint density at radius 2 is 1.58 bits per heavy atom. The summed E-state index contributed by atoms with van der Waals surface area (Å²) in [5, 5.41) is 0. The molecule has 166 valence electrons. The summed E-state index contributed by atoms with van der Waals surface area (Å²) in [6.45, 7) is 2.42. The van der Waals surface area contributed by atoms with Gasteiger partial charge in [0.05, 0.1) is 6.54 Å². The molecule has 31 heavy (non-hydrogen) atoms. The van der Waals surface area contributed by atoms with E-state index in [2.05, 4.69) is 49.4 Å². The Labute approximate surface area is 192 Å². The van der Waals surface area contributed by atoms with E-state index in [0.717, 1.165) is 18.3 Å². The van der Waals surface area contributed by atoms with Crippen molar-refractivity contribution in [3.8, 4) is 0 Å². The molecular weight excluding hydrogens is 398 g/mol. The number of carbonyl (C=O) groups is 1. The van der Waals surface area contributed by atoms with E-state index in [9.17, 15) is 4.79 Å². The topological polar surface area (TPSA) is 43.1 Å². The van der Waals surface area contributed by atoms with Crippen molar-refractivity contribution in [1.82, 2.24) is 0 Å². The van der Waals surface area contributed by atoms with Gasteiger partial charge in [0, 0.05) is 22.1 Å². The Morgan fingerprint density at radius 1 is 0.903 bits per heavy atom. The highest BCUT2D eigenvalue weighted by Crippen LogP contribution is 2.48. The average molecular weight is 436 g/mol. The molecule has 2 aliphatic rings. The van der Waals surface area contributed by atoms with Gasteiger partial charge in [0.1, 0.15) is 5.78 Å². The summed E-state index contributed by atoms with van der Waals surface area (Å²) in [7, 11) is 0. The molecule has 1 atom stereocenters. The lowest BCUT2D eigenvalue weighted by atomic mass is 9.77. The van der Waals surface area contributed by atoms with Crippen molar-refractivity contribution in [2.24, 2.45) is 17.6 Å². The third-order valence-electron chi connectivity index (χ3n) is 7.42. The van der Waals surface area contributed by atoms with Crippen LogP contribution in [0, 0.1) is 18.8 Å². The lowest BCUT2D eigenvalue weighted by Gasteiger charge is -2.31. The minimum atomic E-state index is 0.209. The zero-order chi connectivity index (χ0) is 21.6. The van der Waals surface area contributed by atoms with Crippen LogP contribution in [0.1, 0.15) is 86.8 Å². The van der Waals surface area contributed by atoms with Gasteiger partial charge in [-0.1, -0.05) is 92.6 Å². The van der Waals surface area contributed by atoms with E-state index < -0.39 is 0 Å². The van der Waals surface area contributed by atoms with Gasteiger partial charge in [0.15, 0.2) is 0 Å². The monoisotopic (exact) mass is 435 g/mol. The Morgan fingerprint density at radius 3 is 2.32 bits per heavy atom. The average Bonchev–Trinajstić information content (AvgIpc) is 2.79. The van der Waals surface area contributed by atoms with Crippen LogP contribution in [0.2, 0.25) is 0 Å². The Balaban J connectivity index is 1.28. The molecule has 0 saturated heterocycles. The molecule has 1 heterocycles. The van der Waals surface area contributed by atoms with Crippen LogP contribution in [-0.4, -0.2) is 12.3 Å². The second-order valence-electron chi connectivity index (χ2n) is 9.69. The molecule has 0 amide bonds. The molecule has 1 unspecified atom stereocenters. The van der Waals surface area contributed by atoms with Gasteiger partial charge in [-0.3, -0.25) is 4.79 Å². The molecule has 1 fully saturated rings. The van der Waals surface area contributed by atoms with Crippen LogP contribution in [0.25, 0.3) is 0 Å². The summed E-state index contributed by atoms with van der Waals surface area (Å²) in [6, 6.07) is 16.0. The van der Waals surface area contributed by atoms with Crippen LogP contribution in [0.5, 0.6) is 0 Å². The Hall–Kier alpha value is -1.58. The second kappa shape index (κ2) is 10.8. The van der Waals surface area contributed by atoms with Gasteiger partial charge in [-0.15, -0.1) is 0 Å². The first-order valence-corrected chi connectivity index (χ1v) is 13.0. The summed E-state index contributed by atoms with van der Waals surface area (Å²) in [4.78, 5) is 14.3. The number of benzene rings is 2. The van der Waals surface area contributed by atoms with E-state index in [-0.39, 0.29) is 12.3 Å². The number of carbonyl (C=O) groups excluding carboxylic acids is 1. The molecule has 2 aromatic rings. The summed E-state index contributed by atoms with van der Waals surface area (Å²) in [5.41, 5.74) is 9.86. The largest absolute Gasteiger partial charge is 0.324 e. The van der Waals surface area contributed by atoms with Gasteiger partial charge in [0.25, 0.3) is 0 Å². The molecule has 0 radical (unpaired) electrons. The molecule has 2 aromatic carbocycles. The lowest BCUT2D eigenvalue weighted by molar-refractivity contribution is -0.117. The maximum Gasteiger partial charge on any atom is 0.146 e. The third-order valence-corrected chi connectivity index (χ3v) is 8.61. The van der Waals surface area contributed by atoms with E-state index in [1.807, 2.05) is 11.8 Å². The third kappa shape index (κ3) is 5.81. The number of Topliss-reactive ketones (excluding diaryl/α,β-unsaturated/α-hetero) is 1. The molecule has 0 bridgehead atoms. The second-order valence-corrected chi connectivity index (χ2v) is 10.8. The zero-order valence-electron chi connectivity index (χ0n) is 18.9. The fourth-order valence-corrected chi connectivity index (χ4v) is 6.77. The number of hydrogen-bond donors (Lipinski definition) is 1. The molecular formula is C28H37NOS. The SMILES string of the molecule is Cc1ccc2c(c1)C(CCCC1CCC(CCCC(=O)CN)CC1)c1ccccc1S2. The lowest BCUT2D eigenvalue weighted by Crippen LogP contribution is -2.17. The molecule has 2 N–H and O–H groups in total. The van der Waals surface area contributed by atoms with Gasteiger partial charge in [-0.05, 0) is 54.9 Å². The predicted octanol–water partition coefficient (Wildman–Crippen LogP) is 7.27. The van der Waals surface area contributed by atoms with E-state index in [1.54, 1.807) is 5.56 Å². The fraction of sp³-hybridized carbons (Fsp3) is 0.536. The van der Waals surface area contributed by atoms with E-state index in [4.69, 9.17) is 5.73 Å². The number of hydrogen-bond acceptors (Lipinski definition) is 3. The normalized spacial score (nSPS) is 22.6. The number of aryl methyl sites for hydroxylation is 1. The fourth-order valence-electron chi connectivity index (χ4n) is 5.60. The first kappa shape index (κ1) is 22.6. The smallest absolute Gasteiger partial charge is 0.146 e. The molecule has 1 aliphatic carbocycles. The van der Waals surface area contributed by atoms with E-state index >= 15 is 0 Å². The van der Waals surface area contributed by atoms with Crippen LogP contribution in [0.4, 0.5) is 0 Å². The summed E-state index contributed by atoms with van der Waals surface area (Å²) in [5.74, 6) is 2.49. The van der Waals surface area contributed by atoms with Gasteiger partial charge in [0.2, 0.25) is 0 Å². The van der Waals surface area contributed by atoms with Crippen molar-refractivity contribution >= 4 is 17.5 Å². The van der Waals surface area contributed by atoms with E-state index in [1.165, 1.54) is 72.3 Å². The highest BCUT2D eigenvalue weighted by Gasteiger charge is 2.27. The van der Waals surface area contributed by atoms with Crippen LogP contribution < -0.4 is 5.73 Å². The van der Waals surface area contributed by atoms with Crippen LogP contribution in [0.3, 0.4) is 0 Å². The maximum absolute atomic E-state index is 11.4. The minimum absolute atomic E-state index is 0.209. The van der Waals surface area contributed by atoms with Crippen LogP contribution >= 0.6 is 11.8 Å². The van der Waals surface area contributed by atoms with Crippen LogP contribution in [-0.2, 0) is 4.79 Å². The first-order valence-electron chi connectivity index (χ1n) is 12.2. The highest BCUT2D eigenvalue weighted by atomic mass is 32.2. The predicted molar refractivity (Wildman–Crippen MR) is 131 cm³/mol. The highest BCUT2D eigenvalue weighted by molar-refractivity contribution is 7.99. The Kier molecular flexibility index (Phi) is 7.90. The van der Waals surface area contributed by atoms with Crippen molar-refractivity contribution < 1.29 is 4.79 Å². The summed E-state index contributed by atoms with van der Waals surface area (Å²) < 4.78 is 0. The molecule has 3 heteroatoms. The van der Waals surface area contributed by atoms with Crippen molar-refractivity contribution in [2.45, 2.75) is 86.8 Å². The molecule has 0 aromatic heterocycles. The number of fused-ring (bicyclic) bond motifs is 2. The van der Waals surface area contributed by atoms with Gasteiger partial charge >= 0.3 is 0 Å². The molecule has 4 rings (SSSR count). The molecule has 2 nitrogen and oxygen atoms in total. The van der Waals surface area contributed by atoms with Crippen molar-refractivity contribution in [3.63, 3.8) is 0 Å². The van der Waals surface area contributed by atoms with Crippen molar-refractivity contribution in [3.05, 3.63) is 59.2 Å². The van der Waals surface area contributed by atoms with Gasteiger partial charge < -0.3 is 5.73 Å². The zero-order valence-corrected chi connectivity index (χ0v) is 19.8. The maximum atomic E-state index is 11.4. The number of nitrogens with two attached hydrogens (primary N) is 1. The first-order chi connectivity index (χ1) is 15.1.